The van der Waals surface area contributed by atoms with Gasteiger partial charge in [-0.15, -0.1) is 0 Å². The average molecular weight is 395 g/mol. The number of ether oxygens (including phenoxy) is 2. The summed E-state index contributed by atoms with van der Waals surface area (Å²) in [5, 5.41) is 0. The standard InChI is InChI=1S/C15H14BrF3O4/c1-4-22-6-8(15(21)23-5-2)14(20)9-7(3)11(17)13(19)10(16)12(9)18/h6H,4-5H2,1-3H3. The first-order valence-corrected chi connectivity index (χ1v) is 7.43. The third-order valence-electron chi connectivity index (χ3n) is 2.84. The Morgan fingerprint density at radius 2 is 1.70 bits per heavy atom. The third-order valence-corrected chi connectivity index (χ3v) is 3.53. The van der Waals surface area contributed by atoms with E-state index in [4.69, 9.17) is 9.47 Å². The van der Waals surface area contributed by atoms with Gasteiger partial charge in [-0.05, 0) is 36.7 Å². The molecule has 1 aromatic carbocycles. The molecule has 0 aliphatic rings. The first kappa shape index (κ1) is 19.2. The van der Waals surface area contributed by atoms with Crippen molar-refractivity contribution in [3.8, 4) is 0 Å². The van der Waals surface area contributed by atoms with E-state index in [1.165, 1.54) is 6.92 Å². The highest BCUT2D eigenvalue weighted by atomic mass is 79.9. The van der Waals surface area contributed by atoms with E-state index in [-0.39, 0.29) is 13.2 Å². The van der Waals surface area contributed by atoms with Gasteiger partial charge in [-0.2, -0.15) is 0 Å². The molecular formula is C15H14BrF3O4. The van der Waals surface area contributed by atoms with Crippen LogP contribution in [0.2, 0.25) is 0 Å². The zero-order valence-electron chi connectivity index (χ0n) is 12.6. The quantitative estimate of drug-likeness (QED) is 0.107. The molecule has 0 aliphatic heterocycles. The minimum Gasteiger partial charge on any atom is -0.500 e. The molecular weight excluding hydrogens is 381 g/mol. The number of halogens is 4. The molecule has 0 atom stereocenters. The molecule has 0 saturated heterocycles. The Labute approximate surface area is 139 Å². The molecule has 1 rings (SSSR count). The van der Waals surface area contributed by atoms with Crippen molar-refractivity contribution in [2.45, 2.75) is 20.8 Å². The highest BCUT2D eigenvalue weighted by Crippen LogP contribution is 2.30. The Morgan fingerprint density at radius 3 is 2.22 bits per heavy atom. The van der Waals surface area contributed by atoms with Gasteiger partial charge in [0.1, 0.15) is 11.8 Å². The van der Waals surface area contributed by atoms with Crippen LogP contribution in [0, 0.1) is 24.4 Å². The second kappa shape index (κ2) is 8.14. The Hall–Kier alpha value is -1.83. The van der Waals surface area contributed by atoms with E-state index in [2.05, 4.69) is 15.9 Å². The van der Waals surface area contributed by atoms with Crippen LogP contribution in [0.15, 0.2) is 16.3 Å². The smallest absolute Gasteiger partial charge is 0.345 e. The number of carbonyl (C=O) groups is 2. The Balaban J connectivity index is 3.49. The highest BCUT2D eigenvalue weighted by Gasteiger charge is 2.30. The van der Waals surface area contributed by atoms with Crippen molar-refractivity contribution >= 4 is 27.7 Å². The maximum Gasteiger partial charge on any atom is 0.345 e. The van der Waals surface area contributed by atoms with Crippen LogP contribution in [0.25, 0.3) is 0 Å². The van der Waals surface area contributed by atoms with Crippen molar-refractivity contribution in [3.63, 3.8) is 0 Å². The number of esters is 1. The van der Waals surface area contributed by atoms with Gasteiger partial charge < -0.3 is 9.47 Å². The van der Waals surface area contributed by atoms with Crippen molar-refractivity contribution in [2.75, 3.05) is 13.2 Å². The first-order chi connectivity index (χ1) is 10.8. The zero-order chi connectivity index (χ0) is 17.7. The van der Waals surface area contributed by atoms with Crippen LogP contribution in [0.4, 0.5) is 13.2 Å². The second-order valence-corrected chi connectivity index (χ2v) is 5.09. The molecule has 0 aliphatic carbocycles. The number of Topliss-reactive ketones (excluding diaryl/α,β-unsaturated/α-hetero) is 1. The van der Waals surface area contributed by atoms with Crippen molar-refractivity contribution < 1.29 is 32.2 Å². The van der Waals surface area contributed by atoms with Crippen LogP contribution in [-0.4, -0.2) is 25.0 Å². The number of hydrogen-bond acceptors (Lipinski definition) is 4. The van der Waals surface area contributed by atoms with E-state index in [1.54, 1.807) is 6.92 Å². The Kier molecular flexibility index (Phi) is 6.80. The van der Waals surface area contributed by atoms with Gasteiger partial charge in [0.15, 0.2) is 17.5 Å². The summed E-state index contributed by atoms with van der Waals surface area (Å²) in [5.41, 5.74) is -1.94. The molecule has 0 aromatic heterocycles. The second-order valence-electron chi connectivity index (χ2n) is 4.29. The van der Waals surface area contributed by atoms with Crippen LogP contribution in [0.1, 0.15) is 29.8 Å². The molecule has 0 radical (unpaired) electrons. The lowest BCUT2D eigenvalue weighted by atomic mass is 9.98. The summed E-state index contributed by atoms with van der Waals surface area (Å²) in [6.07, 6.45) is 0.814. The lowest BCUT2D eigenvalue weighted by molar-refractivity contribution is -0.138. The normalized spacial score (nSPS) is 11.3. The Morgan fingerprint density at radius 1 is 1.09 bits per heavy atom. The van der Waals surface area contributed by atoms with E-state index >= 15 is 0 Å². The average Bonchev–Trinajstić information content (AvgIpc) is 2.52. The molecule has 0 N–H and O–H groups in total. The summed E-state index contributed by atoms with van der Waals surface area (Å²) < 4.78 is 50.2. The molecule has 8 heteroatoms. The van der Waals surface area contributed by atoms with Gasteiger partial charge in [-0.1, -0.05) is 0 Å². The molecule has 0 fully saturated rings. The lowest BCUT2D eigenvalue weighted by Gasteiger charge is -2.12. The monoisotopic (exact) mass is 394 g/mol. The summed E-state index contributed by atoms with van der Waals surface area (Å²) >= 11 is 2.54. The van der Waals surface area contributed by atoms with Gasteiger partial charge in [0.2, 0.25) is 5.78 Å². The van der Waals surface area contributed by atoms with Crippen LogP contribution < -0.4 is 0 Å². The molecule has 1 aromatic rings. The summed E-state index contributed by atoms with van der Waals surface area (Å²) in [5.74, 6) is -6.36. The van der Waals surface area contributed by atoms with Gasteiger partial charge in [0.25, 0.3) is 0 Å². The predicted octanol–water partition coefficient (Wildman–Crippen LogP) is 3.84. The van der Waals surface area contributed by atoms with Crippen LogP contribution in [0.3, 0.4) is 0 Å². The summed E-state index contributed by atoms with van der Waals surface area (Å²) in [6, 6.07) is 0. The van der Waals surface area contributed by atoms with Crippen molar-refractivity contribution in [2.24, 2.45) is 0 Å². The Bertz CT molecular complexity index is 642. The van der Waals surface area contributed by atoms with Crippen LogP contribution >= 0.6 is 15.9 Å². The SMILES string of the molecule is CCOC=C(C(=O)OCC)C(=O)c1c(C)c(F)c(F)c(Br)c1F. The van der Waals surface area contributed by atoms with E-state index in [0.717, 1.165) is 13.2 Å². The molecule has 0 amide bonds. The van der Waals surface area contributed by atoms with E-state index in [9.17, 15) is 22.8 Å². The molecule has 0 saturated carbocycles. The fourth-order valence-corrected chi connectivity index (χ4v) is 2.09. The predicted molar refractivity (Wildman–Crippen MR) is 79.4 cm³/mol. The maximum atomic E-state index is 14.2. The molecule has 126 valence electrons. The number of rotatable bonds is 6. The van der Waals surface area contributed by atoms with E-state index in [0.29, 0.717) is 0 Å². The van der Waals surface area contributed by atoms with Crippen LogP contribution in [0.5, 0.6) is 0 Å². The van der Waals surface area contributed by atoms with Gasteiger partial charge in [0, 0.05) is 5.56 Å². The van der Waals surface area contributed by atoms with E-state index in [1.807, 2.05) is 0 Å². The lowest BCUT2D eigenvalue weighted by Crippen LogP contribution is -2.20. The molecule has 0 spiro atoms. The summed E-state index contributed by atoms with van der Waals surface area (Å²) in [6.45, 7) is 4.26. The summed E-state index contributed by atoms with van der Waals surface area (Å²) in [4.78, 5) is 24.3. The highest BCUT2D eigenvalue weighted by molar-refractivity contribution is 9.10. The van der Waals surface area contributed by atoms with Gasteiger partial charge in [0.05, 0.1) is 23.2 Å². The number of benzene rings is 1. The fraction of sp³-hybridized carbons (Fsp3) is 0.333. The van der Waals surface area contributed by atoms with Gasteiger partial charge >= 0.3 is 5.97 Å². The minimum absolute atomic E-state index is 0.0292. The van der Waals surface area contributed by atoms with Crippen molar-refractivity contribution in [1.29, 1.82) is 0 Å². The molecule has 0 unspecified atom stereocenters. The van der Waals surface area contributed by atoms with Crippen LogP contribution in [-0.2, 0) is 14.3 Å². The minimum atomic E-state index is -1.46. The molecule has 0 bridgehead atoms. The van der Waals surface area contributed by atoms with E-state index < -0.39 is 50.4 Å². The van der Waals surface area contributed by atoms with Crippen molar-refractivity contribution in [3.05, 3.63) is 44.9 Å². The first-order valence-electron chi connectivity index (χ1n) is 6.63. The topological polar surface area (TPSA) is 52.6 Å². The fourth-order valence-electron chi connectivity index (χ4n) is 1.72. The van der Waals surface area contributed by atoms with Gasteiger partial charge in [-0.25, -0.2) is 18.0 Å². The molecule has 0 heterocycles. The third kappa shape index (κ3) is 3.93. The van der Waals surface area contributed by atoms with Gasteiger partial charge in [-0.3, -0.25) is 4.79 Å². The summed E-state index contributed by atoms with van der Waals surface area (Å²) in [7, 11) is 0. The largest absolute Gasteiger partial charge is 0.500 e. The van der Waals surface area contributed by atoms with Crippen molar-refractivity contribution in [1.82, 2.24) is 0 Å². The number of ketones is 1. The zero-order valence-corrected chi connectivity index (χ0v) is 14.2. The molecule has 23 heavy (non-hydrogen) atoms. The number of carbonyl (C=O) groups excluding carboxylic acids is 2. The number of hydrogen-bond donors (Lipinski definition) is 0. The molecule has 4 nitrogen and oxygen atoms in total. The maximum absolute atomic E-state index is 14.2.